The molecule has 1 saturated heterocycles. The lowest BCUT2D eigenvalue weighted by Gasteiger charge is -2.34. The molecule has 0 aromatic heterocycles. The third-order valence-electron chi connectivity index (χ3n) is 5.52. The van der Waals surface area contributed by atoms with E-state index in [0.29, 0.717) is 0 Å². The molecule has 1 fully saturated rings. The average Bonchev–Trinajstić information content (AvgIpc) is 2.75. The van der Waals surface area contributed by atoms with E-state index in [1.165, 1.54) is 6.42 Å². The SMILES string of the molecule is CCc1ccccc1NC(=O)CN(C)C(C(=O)N1CCCCC1)c1ccccc1. The van der Waals surface area contributed by atoms with Crippen molar-refractivity contribution in [1.82, 2.24) is 9.80 Å². The van der Waals surface area contributed by atoms with E-state index in [1.807, 2.05) is 71.4 Å². The Hall–Kier alpha value is -2.66. The smallest absolute Gasteiger partial charge is 0.244 e. The number of nitrogens with zero attached hydrogens (tertiary/aromatic N) is 2. The Morgan fingerprint density at radius 3 is 2.34 bits per heavy atom. The van der Waals surface area contributed by atoms with E-state index in [2.05, 4.69) is 12.2 Å². The van der Waals surface area contributed by atoms with Crippen LogP contribution in [-0.2, 0) is 16.0 Å². The average molecular weight is 394 g/mol. The normalized spacial score (nSPS) is 15.2. The van der Waals surface area contributed by atoms with Crippen molar-refractivity contribution < 1.29 is 9.59 Å². The van der Waals surface area contributed by atoms with Gasteiger partial charge in [-0.3, -0.25) is 14.5 Å². The summed E-state index contributed by atoms with van der Waals surface area (Å²) in [5, 5.41) is 3.01. The van der Waals surface area contributed by atoms with Gasteiger partial charge in [-0.05, 0) is 49.9 Å². The number of rotatable bonds is 7. The van der Waals surface area contributed by atoms with Gasteiger partial charge in [-0.25, -0.2) is 0 Å². The second kappa shape index (κ2) is 10.2. The van der Waals surface area contributed by atoms with Crippen molar-refractivity contribution in [2.75, 3.05) is 32.0 Å². The predicted molar refractivity (Wildman–Crippen MR) is 117 cm³/mol. The van der Waals surface area contributed by atoms with Crippen molar-refractivity contribution >= 4 is 17.5 Å². The van der Waals surface area contributed by atoms with Crippen LogP contribution in [0.4, 0.5) is 5.69 Å². The summed E-state index contributed by atoms with van der Waals surface area (Å²) in [5.41, 5.74) is 2.87. The molecule has 2 aromatic rings. The van der Waals surface area contributed by atoms with Crippen molar-refractivity contribution in [3.05, 3.63) is 65.7 Å². The minimum absolute atomic E-state index is 0.0835. The van der Waals surface area contributed by atoms with Gasteiger partial charge in [0.05, 0.1) is 6.54 Å². The molecular formula is C24H31N3O2. The molecule has 1 N–H and O–H groups in total. The maximum Gasteiger partial charge on any atom is 0.244 e. The number of likely N-dealkylation sites (tertiary alicyclic amines) is 1. The van der Waals surface area contributed by atoms with Crippen LogP contribution in [0.25, 0.3) is 0 Å². The first-order chi connectivity index (χ1) is 14.1. The molecule has 1 heterocycles. The third-order valence-corrected chi connectivity index (χ3v) is 5.52. The fourth-order valence-electron chi connectivity index (χ4n) is 3.97. The standard InChI is InChI=1S/C24H31N3O2/c1-3-19-12-8-9-15-21(19)25-22(28)18-26(2)23(20-13-6-4-7-14-20)24(29)27-16-10-5-11-17-27/h4,6-9,12-15,23H,3,5,10-11,16-18H2,1-2H3,(H,25,28). The first-order valence-corrected chi connectivity index (χ1v) is 10.5. The maximum atomic E-state index is 13.3. The summed E-state index contributed by atoms with van der Waals surface area (Å²) < 4.78 is 0. The van der Waals surface area contributed by atoms with Gasteiger partial charge in [0, 0.05) is 18.8 Å². The van der Waals surface area contributed by atoms with Crippen molar-refractivity contribution in [3.63, 3.8) is 0 Å². The van der Waals surface area contributed by atoms with Crippen molar-refractivity contribution in [1.29, 1.82) is 0 Å². The van der Waals surface area contributed by atoms with Crippen LogP contribution in [0.3, 0.4) is 0 Å². The number of hydrogen-bond acceptors (Lipinski definition) is 3. The molecule has 5 nitrogen and oxygen atoms in total. The summed E-state index contributed by atoms with van der Waals surface area (Å²) in [6.45, 7) is 3.81. The van der Waals surface area contributed by atoms with Crippen molar-refractivity contribution in [2.45, 2.75) is 38.6 Å². The minimum atomic E-state index is -0.457. The second-order valence-electron chi connectivity index (χ2n) is 7.67. The van der Waals surface area contributed by atoms with Crippen LogP contribution in [-0.4, -0.2) is 48.3 Å². The van der Waals surface area contributed by atoms with E-state index in [-0.39, 0.29) is 18.4 Å². The molecule has 0 aliphatic carbocycles. The molecular weight excluding hydrogens is 362 g/mol. The molecule has 0 saturated carbocycles. The van der Waals surface area contributed by atoms with Crippen LogP contribution >= 0.6 is 0 Å². The summed E-state index contributed by atoms with van der Waals surface area (Å²) in [6, 6.07) is 17.1. The maximum absolute atomic E-state index is 13.3. The second-order valence-corrected chi connectivity index (χ2v) is 7.67. The van der Waals surface area contributed by atoms with Gasteiger partial charge in [0.25, 0.3) is 0 Å². The molecule has 1 aliphatic heterocycles. The molecule has 29 heavy (non-hydrogen) atoms. The van der Waals surface area contributed by atoms with Crippen LogP contribution in [0.5, 0.6) is 0 Å². The van der Waals surface area contributed by atoms with Gasteiger partial charge in [-0.2, -0.15) is 0 Å². The van der Waals surface area contributed by atoms with Gasteiger partial charge >= 0.3 is 0 Å². The Labute approximate surface area is 173 Å². The number of benzene rings is 2. The van der Waals surface area contributed by atoms with Crippen LogP contribution in [0.15, 0.2) is 54.6 Å². The lowest BCUT2D eigenvalue weighted by molar-refractivity contribution is -0.138. The number of nitrogens with one attached hydrogen (secondary N) is 1. The first-order valence-electron chi connectivity index (χ1n) is 10.5. The number of likely N-dealkylation sites (N-methyl/N-ethyl adjacent to an activating group) is 1. The summed E-state index contributed by atoms with van der Waals surface area (Å²) in [5.74, 6) is -0.0269. The van der Waals surface area contributed by atoms with Gasteiger partial charge in [-0.1, -0.05) is 55.5 Å². The van der Waals surface area contributed by atoms with Crippen molar-refractivity contribution in [3.8, 4) is 0 Å². The molecule has 2 amide bonds. The zero-order valence-electron chi connectivity index (χ0n) is 17.4. The summed E-state index contributed by atoms with van der Waals surface area (Å²) >= 11 is 0. The zero-order chi connectivity index (χ0) is 20.6. The Kier molecular flexibility index (Phi) is 7.42. The predicted octanol–water partition coefficient (Wildman–Crippen LogP) is 3.87. The number of aryl methyl sites for hydroxylation is 1. The summed E-state index contributed by atoms with van der Waals surface area (Å²) in [6.07, 6.45) is 4.12. The highest BCUT2D eigenvalue weighted by Crippen LogP contribution is 2.24. The number of amides is 2. The topological polar surface area (TPSA) is 52.7 Å². The summed E-state index contributed by atoms with van der Waals surface area (Å²) in [4.78, 5) is 29.9. The molecule has 1 aliphatic rings. The molecule has 2 aromatic carbocycles. The Balaban J connectivity index is 1.74. The number of para-hydroxylation sites is 1. The van der Waals surface area contributed by atoms with E-state index in [9.17, 15) is 9.59 Å². The molecule has 5 heteroatoms. The Morgan fingerprint density at radius 1 is 1.00 bits per heavy atom. The largest absolute Gasteiger partial charge is 0.341 e. The Morgan fingerprint density at radius 2 is 1.66 bits per heavy atom. The molecule has 0 radical (unpaired) electrons. The molecule has 1 atom stereocenters. The summed E-state index contributed by atoms with van der Waals surface area (Å²) in [7, 11) is 1.85. The van der Waals surface area contributed by atoms with E-state index in [1.54, 1.807) is 0 Å². The van der Waals surface area contributed by atoms with Gasteiger partial charge in [0.2, 0.25) is 11.8 Å². The highest BCUT2D eigenvalue weighted by atomic mass is 16.2. The van der Waals surface area contributed by atoms with Gasteiger partial charge in [-0.15, -0.1) is 0 Å². The minimum Gasteiger partial charge on any atom is -0.341 e. The van der Waals surface area contributed by atoms with E-state index >= 15 is 0 Å². The highest BCUT2D eigenvalue weighted by Gasteiger charge is 2.31. The third kappa shape index (κ3) is 5.45. The fourth-order valence-corrected chi connectivity index (χ4v) is 3.97. The first kappa shape index (κ1) is 21.1. The van der Waals surface area contributed by atoms with E-state index < -0.39 is 6.04 Å². The van der Waals surface area contributed by atoms with Crippen LogP contribution in [0.2, 0.25) is 0 Å². The van der Waals surface area contributed by atoms with E-state index in [0.717, 1.165) is 49.2 Å². The van der Waals surface area contributed by atoms with Crippen LogP contribution in [0, 0.1) is 0 Å². The van der Waals surface area contributed by atoms with E-state index in [4.69, 9.17) is 0 Å². The quantitative estimate of drug-likeness (QED) is 0.777. The van der Waals surface area contributed by atoms with Crippen molar-refractivity contribution in [2.24, 2.45) is 0 Å². The number of anilines is 1. The Bertz CT molecular complexity index is 816. The number of carbonyl (C=O) groups is 2. The van der Waals surface area contributed by atoms with Gasteiger partial charge in [0.1, 0.15) is 6.04 Å². The van der Waals surface area contributed by atoms with Crippen LogP contribution < -0.4 is 5.32 Å². The number of piperidine rings is 1. The molecule has 154 valence electrons. The number of hydrogen-bond donors (Lipinski definition) is 1. The monoisotopic (exact) mass is 393 g/mol. The number of carbonyl (C=O) groups excluding carboxylic acids is 2. The zero-order valence-corrected chi connectivity index (χ0v) is 17.4. The fraction of sp³-hybridized carbons (Fsp3) is 0.417. The van der Waals surface area contributed by atoms with Gasteiger partial charge in [0.15, 0.2) is 0 Å². The van der Waals surface area contributed by atoms with Gasteiger partial charge < -0.3 is 10.2 Å². The lowest BCUT2D eigenvalue weighted by atomic mass is 10.0. The molecule has 0 spiro atoms. The molecule has 3 rings (SSSR count). The molecule has 0 bridgehead atoms. The lowest BCUT2D eigenvalue weighted by Crippen LogP contribution is -2.45. The highest BCUT2D eigenvalue weighted by molar-refractivity contribution is 5.93. The molecule has 1 unspecified atom stereocenters. The van der Waals surface area contributed by atoms with Crippen LogP contribution in [0.1, 0.15) is 43.4 Å².